The molecule has 3 rings (SSSR count). The number of fused-ring (bicyclic) bond motifs is 1. The highest BCUT2D eigenvalue weighted by atomic mass is 16.5. The van der Waals surface area contributed by atoms with Gasteiger partial charge >= 0.3 is 5.97 Å². The lowest BCUT2D eigenvalue weighted by molar-refractivity contribution is -0.142. The molecule has 8 nitrogen and oxygen atoms in total. The second-order valence-electron chi connectivity index (χ2n) is 6.20. The average Bonchev–Trinajstić information content (AvgIpc) is 2.84. The zero-order valence-electron chi connectivity index (χ0n) is 13.7. The van der Waals surface area contributed by atoms with Crippen LogP contribution in [0, 0.1) is 5.92 Å². The Morgan fingerprint density at radius 2 is 2.00 bits per heavy atom. The van der Waals surface area contributed by atoms with Crippen molar-refractivity contribution in [2.75, 3.05) is 20.3 Å². The topological polar surface area (TPSA) is 113 Å². The van der Waals surface area contributed by atoms with Crippen molar-refractivity contribution in [1.82, 2.24) is 10.2 Å². The van der Waals surface area contributed by atoms with Crippen molar-refractivity contribution < 1.29 is 29.0 Å². The van der Waals surface area contributed by atoms with Crippen LogP contribution in [0.3, 0.4) is 0 Å². The van der Waals surface area contributed by atoms with Crippen molar-refractivity contribution in [2.45, 2.75) is 18.9 Å². The van der Waals surface area contributed by atoms with Gasteiger partial charge in [-0.05, 0) is 31.0 Å². The molecule has 1 aromatic carbocycles. The van der Waals surface area contributed by atoms with Gasteiger partial charge in [-0.1, -0.05) is 0 Å². The van der Waals surface area contributed by atoms with Crippen molar-refractivity contribution in [3.63, 3.8) is 0 Å². The fourth-order valence-electron chi connectivity index (χ4n) is 3.14. The minimum Gasteiger partial charge on any atom is -0.480 e. The zero-order chi connectivity index (χ0) is 18.1. The van der Waals surface area contributed by atoms with Gasteiger partial charge in [0.2, 0.25) is 0 Å². The van der Waals surface area contributed by atoms with Gasteiger partial charge in [-0.15, -0.1) is 0 Å². The fraction of sp³-hybridized carbons (Fsp3) is 0.412. The summed E-state index contributed by atoms with van der Waals surface area (Å²) >= 11 is 0. The normalized spacial score (nSPS) is 21.0. The molecule has 0 aromatic heterocycles. The summed E-state index contributed by atoms with van der Waals surface area (Å²) in [7, 11) is 1.37. The van der Waals surface area contributed by atoms with Gasteiger partial charge < -0.3 is 15.2 Å². The molecular formula is C17H18N2O6. The highest BCUT2D eigenvalue weighted by molar-refractivity contribution is 6.21. The van der Waals surface area contributed by atoms with E-state index >= 15 is 0 Å². The number of hydrogen-bond donors (Lipinski definition) is 2. The number of ether oxygens (including phenoxy) is 1. The summed E-state index contributed by atoms with van der Waals surface area (Å²) < 4.78 is 5.30. The lowest BCUT2D eigenvalue weighted by Crippen LogP contribution is -2.48. The number of carboxylic acid groups (broad SMARTS) is 1. The maximum atomic E-state index is 12.4. The summed E-state index contributed by atoms with van der Waals surface area (Å²) in [5, 5.41) is 11.9. The lowest BCUT2D eigenvalue weighted by Gasteiger charge is -2.28. The largest absolute Gasteiger partial charge is 0.480 e. The van der Waals surface area contributed by atoms with Gasteiger partial charge in [0.1, 0.15) is 6.04 Å². The van der Waals surface area contributed by atoms with Crippen molar-refractivity contribution in [1.29, 1.82) is 0 Å². The predicted octanol–water partition coefficient (Wildman–Crippen LogP) is 0.522. The molecule has 132 valence electrons. The molecule has 0 aliphatic carbocycles. The minimum atomic E-state index is -1.13. The summed E-state index contributed by atoms with van der Waals surface area (Å²) in [6.07, 6.45) is 1.39. The van der Waals surface area contributed by atoms with Crippen LogP contribution in [0.4, 0.5) is 0 Å². The number of amides is 3. The number of carbonyl (C=O) groups is 4. The molecule has 1 saturated heterocycles. The molecule has 2 unspecified atom stereocenters. The minimum absolute atomic E-state index is 0.137. The maximum absolute atomic E-state index is 12.4. The van der Waals surface area contributed by atoms with Crippen LogP contribution in [0.2, 0.25) is 0 Å². The van der Waals surface area contributed by atoms with Gasteiger partial charge in [-0.25, -0.2) is 4.79 Å². The van der Waals surface area contributed by atoms with Gasteiger partial charge in [0.25, 0.3) is 17.7 Å². The summed E-state index contributed by atoms with van der Waals surface area (Å²) in [5.74, 6) is -2.94. The molecule has 2 aliphatic rings. The molecule has 8 heteroatoms. The van der Waals surface area contributed by atoms with E-state index in [1.165, 1.54) is 25.2 Å². The molecule has 2 heterocycles. The Kier molecular flexibility index (Phi) is 4.54. The van der Waals surface area contributed by atoms with Gasteiger partial charge in [-0.2, -0.15) is 0 Å². The Morgan fingerprint density at radius 1 is 1.28 bits per heavy atom. The van der Waals surface area contributed by atoms with Crippen LogP contribution in [0.15, 0.2) is 18.2 Å². The summed E-state index contributed by atoms with van der Waals surface area (Å²) in [6, 6.07) is 3.08. The summed E-state index contributed by atoms with van der Waals surface area (Å²) in [4.78, 5) is 48.8. The standard InChI is InChI=1S/C17H18N2O6/c1-19-15(21)11-5-4-9(7-12(11)16(19)22)14(20)18-13(17(23)24)10-3-2-6-25-8-10/h4-5,7,10,13H,2-3,6,8H2,1H3,(H,18,20)(H,23,24). The van der Waals surface area contributed by atoms with Crippen molar-refractivity contribution >= 4 is 23.7 Å². The van der Waals surface area contributed by atoms with Crippen LogP contribution in [-0.4, -0.2) is 60.0 Å². The third kappa shape index (κ3) is 3.12. The molecule has 2 aliphatic heterocycles. The monoisotopic (exact) mass is 346 g/mol. The number of carboxylic acids is 1. The maximum Gasteiger partial charge on any atom is 0.326 e. The first-order valence-electron chi connectivity index (χ1n) is 7.98. The number of nitrogens with one attached hydrogen (secondary N) is 1. The number of carbonyl (C=O) groups excluding carboxylic acids is 3. The molecule has 0 spiro atoms. The van der Waals surface area contributed by atoms with E-state index in [0.29, 0.717) is 13.0 Å². The summed E-state index contributed by atoms with van der Waals surface area (Å²) in [6.45, 7) is 0.866. The van der Waals surface area contributed by atoms with Crippen LogP contribution < -0.4 is 5.32 Å². The highest BCUT2D eigenvalue weighted by Crippen LogP contribution is 2.23. The third-order valence-corrected chi connectivity index (χ3v) is 4.57. The van der Waals surface area contributed by atoms with Crippen LogP contribution in [0.1, 0.15) is 43.9 Å². The quantitative estimate of drug-likeness (QED) is 0.769. The first kappa shape index (κ1) is 17.1. The van der Waals surface area contributed by atoms with E-state index in [4.69, 9.17) is 4.74 Å². The molecular weight excluding hydrogens is 328 g/mol. The van der Waals surface area contributed by atoms with Crippen LogP contribution in [-0.2, 0) is 9.53 Å². The summed E-state index contributed by atoms with van der Waals surface area (Å²) in [5.41, 5.74) is 0.519. The van der Waals surface area contributed by atoms with E-state index in [-0.39, 0.29) is 29.2 Å². The molecule has 0 saturated carbocycles. The van der Waals surface area contributed by atoms with Crippen LogP contribution in [0.25, 0.3) is 0 Å². The Labute approximate surface area is 143 Å². The first-order valence-corrected chi connectivity index (χ1v) is 7.98. The number of imide groups is 1. The molecule has 1 aromatic rings. The average molecular weight is 346 g/mol. The number of rotatable bonds is 4. The number of benzene rings is 1. The van der Waals surface area contributed by atoms with E-state index in [1.54, 1.807) is 0 Å². The Morgan fingerprint density at radius 3 is 2.64 bits per heavy atom. The predicted molar refractivity (Wildman–Crippen MR) is 85.3 cm³/mol. The SMILES string of the molecule is CN1C(=O)c2ccc(C(=O)NC(C(=O)O)C3CCCOC3)cc2C1=O. The Balaban J connectivity index is 1.80. The molecule has 2 atom stereocenters. The zero-order valence-corrected chi connectivity index (χ0v) is 13.7. The molecule has 2 N–H and O–H groups in total. The van der Waals surface area contributed by atoms with Gasteiger partial charge in [0, 0.05) is 25.1 Å². The van der Waals surface area contributed by atoms with E-state index in [9.17, 15) is 24.3 Å². The van der Waals surface area contributed by atoms with E-state index in [1.807, 2.05) is 0 Å². The van der Waals surface area contributed by atoms with E-state index < -0.39 is 29.7 Å². The van der Waals surface area contributed by atoms with Crippen molar-refractivity contribution in [2.24, 2.45) is 5.92 Å². The Bertz CT molecular complexity index is 754. The molecule has 3 amide bonds. The van der Waals surface area contributed by atoms with E-state index in [2.05, 4.69) is 5.32 Å². The molecule has 0 radical (unpaired) electrons. The number of aliphatic carboxylic acids is 1. The molecule has 25 heavy (non-hydrogen) atoms. The first-order chi connectivity index (χ1) is 11.9. The van der Waals surface area contributed by atoms with Crippen molar-refractivity contribution in [3.8, 4) is 0 Å². The van der Waals surface area contributed by atoms with Crippen LogP contribution >= 0.6 is 0 Å². The molecule has 1 fully saturated rings. The van der Waals surface area contributed by atoms with Gasteiger partial charge in [-0.3, -0.25) is 19.3 Å². The van der Waals surface area contributed by atoms with Gasteiger partial charge in [0.15, 0.2) is 0 Å². The lowest BCUT2D eigenvalue weighted by atomic mass is 9.93. The van der Waals surface area contributed by atoms with Crippen molar-refractivity contribution in [3.05, 3.63) is 34.9 Å². The Hall–Kier alpha value is -2.74. The number of hydrogen-bond acceptors (Lipinski definition) is 5. The highest BCUT2D eigenvalue weighted by Gasteiger charge is 2.35. The van der Waals surface area contributed by atoms with Gasteiger partial charge in [0.05, 0.1) is 17.7 Å². The second-order valence-corrected chi connectivity index (χ2v) is 6.20. The molecule has 0 bridgehead atoms. The third-order valence-electron chi connectivity index (χ3n) is 4.57. The fourth-order valence-corrected chi connectivity index (χ4v) is 3.14. The second kappa shape index (κ2) is 6.64. The smallest absolute Gasteiger partial charge is 0.326 e. The van der Waals surface area contributed by atoms with E-state index in [0.717, 1.165) is 11.3 Å². The number of nitrogens with zero attached hydrogens (tertiary/aromatic N) is 1. The van der Waals surface area contributed by atoms with Crippen LogP contribution in [0.5, 0.6) is 0 Å².